The zero-order chi connectivity index (χ0) is 13.0. The molecule has 2 N–H and O–H groups in total. The fraction of sp³-hybridized carbons (Fsp3) is 0.154. The van der Waals surface area contributed by atoms with Crippen molar-refractivity contribution < 1.29 is 5.11 Å². The van der Waals surface area contributed by atoms with E-state index in [-0.39, 0.29) is 5.75 Å². The SMILES string of the molecule is Cc1cc(C)nc(N/N=C/c2ccc(O)cc2)n1. The number of aromatic nitrogens is 2. The molecule has 0 aliphatic rings. The summed E-state index contributed by atoms with van der Waals surface area (Å²) in [5.74, 6) is 0.709. The molecule has 0 radical (unpaired) electrons. The third-order valence-corrected chi connectivity index (χ3v) is 2.25. The first-order valence-corrected chi connectivity index (χ1v) is 5.54. The number of benzene rings is 1. The summed E-state index contributed by atoms with van der Waals surface area (Å²) in [6.07, 6.45) is 1.64. The predicted molar refractivity (Wildman–Crippen MR) is 70.8 cm³/mol. The van der Waals surface area contributed by atoms with Crippen LogP contribution in [0.2, 0.25) is 0 Å². The molecule has 0 amide bonds. The first-order valence-electron chi connectivity index (χ1n) is 5.54. The lowest BCUT2D eigenvalue weighted by Gasteiger charge is -2.01. The Morgan fingerprint density at radius 1 is 1.11 bits per heavy atom. The average Bonchev–Trinajstić information content (AvgIpc) is 2.30. The van der Waals surface area contributed by atoms with Crippen molar-refractivity contribution in [1.82, 2.24) is 9.97 Å². The number of hydrogen-bond donors (Lipinski definition) is 2. The molecule has 0 fully saturated rings. The van der Waals surface area contributed by atoms with Crippen molar-refractivity contribution in [1.29, 1.82) is 0 Å². The van der Waals surface area contributed by atoms with Crippen LogP contribution in [-0.2, 0) is 0 Å². The molecule has 5 nitrogen and oxygen atoms in total. The van der Waals surface area contributed by atoms with Crippen LogP contribution >= 0.6 is 0 Å². The average molecular weight is 242 g/mol. The number of nitrogens with one attached hydrogen (secondary N) is 1. The minimum atomic E-state index is 0.234. The Morgan fingerprint density at radius 2 is 1.72 bits per heavy atom. The molecule has 2 aromatic rings. The molecule has 18 heavy (non-hydrogen) atoms. The lowest BCUT2D eigenvalue weighted by Crippen LogP contribution is -1.99. The molecule has 0 saturated carbocycles. The number of hydrogen-bond acceptors (Lipinski definition) is 5. The Morgan fingerprint density at radius 3 is 2.33 bits per heavy atom. The van der Waals surface area contributed by atoms with Gasteiger partial charge in [-0.1, -0.05) is 0 Å². The molecule has 0 aliphatic carbocycles. The molecule has 0 spiro atoms. The Bertz CT molecular complexity index is 543. The van der Waals surface area contributed by atoms with Gasteiger partial charge in [-0.05, 0) is 49.7 Å². The lowest BCUT2D eigenvalue weighted by molar-refractivity contribution is 0.475. The highest BCUT2D eigenvalue weighted by Gasteiger charge is 1.96. The van der Waals surface area contributed by atoms with Gasteiger partial charge in [0.05, 0.1) is 6.21 Å². The Labute approximate surface area is 105 Å². The maximum Gasteiger partial charge on any atom is 0.243 e. The van der Waals surface area contributed by atoms with Crippen LogP contribution in [0.3, 0.4) is 0 Å². The number of phenols is 1. The van der Waals surface area contributed by atoms with Gasteiger partial charge >= 0.3 is 0 Å². The highest BCUT2D eigenvalue weighted by Crippen LogP contribution is 2.08. The molecule has 2 rings (SSSR count). The van der Waals surface area contributed by atoms with Crippen molar-refractivity contribution in [2.24, 2.45) is 5.10 Å². The monoisotopic (exact) mass is 242 g/mol. The van der Waals surface area contributed by atoms with Crippen molar-refractivity contribution in [3.8, 4) is 5.75 Å². The van der Waals surface area contributed by atoms with Gasteiger partial charge in [0.15, 0.2) is 0 Å². The van der Waals surface area contributed by atoms with Crippen molar-refractivity contribution in [3.05, 3.63) is 47.3 Å². The van der Waals surface area contributed by atoms with Crippen LogP contribution in [0.4, 0.5) is 5.95 Å². The van der Waals surface area contributed by atoms with Crippen LogP contribution in [0, 0.1) is 13.8 Å². The van der Waals surface area contributed by atoms with E-state index in [0.717, 1.165) is 17.0 Å². The number of aryl methyl sites for hydroxylation is 2. The van der Waals surface area contributed by atoms with Crippen LogP contribution < -0.4 is 5.43 Å². The fourth-order valence-electron chi connectivity index (χ4n) is 1.50. The Hall–Kier alpha value is -2.43. The van der Waals surface area contributed by atoms with E-state index in [1.165, 1.54) is 0 Å². The molecule has 0 atom stereocenters. The standard InChI is InChI=1S/C13H14N4O/c1-9-7-10(2)16-13(15-9)17-14-8-11-3-5-12(18)6-4-11/h3-8,18H,1-2H3,(H,15,16,17)/b14-8+. The van der Waals surface area contributed by atoms with E-state index in [1.807, 2.05) is 19.9 Å². The molecule has 1 aromatic carbocycles. The van der Waals surface area contributed by atoms with Gasteiger partial charge in [-0.25, -0.2) is 15.4 Å². The van der Waals surface area contributed by atoms with Gasteiger partial charge in [0, 0.05) is 11.4 Å². The fourth-order valence-corrected chi connectivity index (χ4v) is 1.50. The smallest absolute Gasteiger partial charge is 0.243 e. The number of anilines is 1. The zero-order valence-electron chi connectivity index (χ0n) is 10.3. The van der Waals surface area contributed by atoms with E-state index >= 15 is 0 Å². The van der Waals surface area contributed by atoms with Crippen molar-refractivity contribution in [3.63, 3.8) is 0 Å². The van der Waals surface area contributed by atoms with Gasteiger partial charge in [0.1, 0.15) is 5.75 Å². The summed E-state index contributed by atoms with van der Waals surface area (Å²) in [4.78, 5) is 8.41. The number of hydrazone groups is 1. The van der Waals surface area contributed by atoms with Crippen LogP contribution in [0.1, 0.15) is 17.0 Å². The number of phenolic OH excluding ortho intramolecular Hbond substituents is 1. The number of aromatic hydroxyl groups is 1. The second-order valence-corrected chi connectivity index (χ2v) is 3.94. The summed E-state index contributed by atoms with van der Waals surface area (Å²) in [5.41, 5.74) is 5.44. The summed E-state index contributed by atoms with van der Waals surface area (Å²) in [7, 11) is 0. The molecule has 92 valence electrons. The van der Waals surface area contributed by atoms with E-state index in [0.29, 0.717) is 5.95 Å². The summed E-state index contributed by atoms with van der Waals surface area (Å²) in [5, 5.41) is 13.2. The molecule has 1 heterocycles. The molecule has 1 aromatic heterocycles. The van der Waals surface area contributed by atoms with Crippen molar-refractivity contribution >= 4 is 12.2 Å². The van der Waals surface area contributed by atoms with Gasteiger partial charge in [-0.2, -0.15) is 5.10 Å². The second kappa shape index (κ2) is 5.27. The molecule has 0 aliphatic heterocycles. The first kappa shape index (κ1) is 12.0. The molecular weight excluding hydrogens is 228 g/mol. The summed E-state index contributed by atoms with van der Waals surface area (Å²) in [6.45, 7) is 3.81. The number of rotatable bonds is 3. The minimum absolute atomic E-state index is 0.234. The third kappa shape index (κ3) is 3.28. The van der Waals surface area contributed by atoms with E-state index in [1.54, 1.807) is 30.5 Å². The maximum atomic E-state index is 9.14. The third-order valence-electron chi connectivity index (χ3n) is 2.25. The van der Waals surface area contributed by atoms with Gasteiger partial charge in [-0.3, -0.25) is 0 Å². The lowest BCUT2D eigenvalue weighted by atomic mass is 10.2. The Balaban J connectivity index is 2.04. The van der Waals surface area contributed by atoms with Crippen molar-refractivity contribution in [2.75, 3.05) is 5.43 Å². The van der Waals surface area contributed by atoms with Crippen LogP contribution in [0.15, 0.2) is 35.4 Å². The summed E-state index contributed by atoms with van der Waals surface area (Å²) in [6, 6.07) is 8.64. The Kier molecular flexibility index (Phi) is 3.52. The largest absolute Gasteiger partial charge is 0.508 e. The quantitative estimate of drug-likeness (QED) is 0.639. The van der Waals surface area contributed by atoms with Gasteiger partial charge in [0.2, 0.25) is 5.95 Å². The summed E-state index contributed by atoms with van der Waals surface area (Å²) >= 11 is 0. The van der Waals surface area contributed by atoms with E-state index < -0.39 is 0 Å². The van der Waals surface area contributed by atoms with Crippen LogP contribution in [0.5, 0.6) is 5.75 Å². The van der Waals surface area contributed by atoms with E-state index in [9.17, 15) is 0 Å². The zero-order valence-corrected chi connectivity index (χ0v) is 10.3. The van der Waals surface area contributed by atoms with Gasteiger partial charge in [-0.15, -0.1) is 0 Å². The normalized spacial score (nSPS) is 10.8. The number of nitrogens with zero attached hydrogens (tertiary/aromatic N) is 3. The van der Waals surface area contributed by atoms with E-state index in [2.05, 4.69) is 20.5 Å². The second-order valence-electron chi connectivity index (χ2n) is 3.94. The van der Waals surface area contributed by atoms with Gasteiger partial charge in [0.25, 0.3) is 0 Å². The molecule has 0 unspecified atom stereocenters. The molecule has 0 bridgehead atoms. The predicted octanol–water partition coefficient (Wildman–Crippen LogP) is 2.25. The van der Waals surface area contributed by atoms with Crippen LogP contribution in [0.25, 0.3) is 0 Å². The van der Waals surface area contributed by atoms with Gasteiger partial charge < -0.3 is 5.11 Å². The van der Waals surface area contributed by atoms with Crippen LogP contribution in [-0.4, -0.2) is 21.3 Å². The first-order chi connectivity index (χ1) is 8.63. The molecular formula is C13H14N4O. The molecule has 5 heteroatoms. The highest BCUT2D eigenvalue weighted by molar-refractivity contribution is 5.80. The topological polar surface area (TPSA) is 70.4 Å². The van der Waals surface area contributed by atoms with Crippen molar-refractivity contribution in [2.45, 2.75) is 13.8 Å². The van der Waals surface area contributed by atoms with E-state index in [4.69, 9.17) is 5.11 Å². The summed E-state index contributed by atoms with van der Waals surface area (Å²) < 4.78 is 0. The maximum absolute atomic E-state index is 9.14. The molecule has 0 saturated heterocycles. The highest BCUT2D eigenvalue weighted by atomic mass is 16.3. The minimum Gasteiger partial charge on any atom is -0.508 e.